The molecule has 0 aliphatic heterocycles. The third-order valence-corrected chi connectivity index (χ3v) is 3.84. The van der Waals surface area contributed by atoms with E-state index in [1.54, 1.807) is 29.2 Å². The number of hydrogen-bond donors (Lipinski definition) is 2. The Morgan fingerprint density at radius 2 is 1.85 bits per heavy atom. The molecule has 5 heteroatoms. The van der Waals surface area contributed by atoms with Crippen molar-refractivity contribution in [1.29, 1.82) is 0 Å². The Hall–Kier alpha value is -2.04. The molecule has 20 heavy (non-hydrogen) atoms. The quantitative estimate of drug-likeness (QED) is 0.887. The summed E-state index contributed by atoms with van der Waals surface area (Å²) in [6, 6.07) is 6.82. The highest BCUT2D eigenvalue weighted by molar-refractivity contribution is 5.87. The van der Waals surface area contributed by atoms with E-state index in [-0.39, 0.29) is 11.6 Å². The number of carboxylic acids is 1. The van der Waals surface area contributed by atoms with Crippen molar-refractivity contribution in [3.8, 4) is 0 Å². The van der Waals surface area contributed by atoms with Crippen LogP contribution in [-0.4, -0.2) is 35.1 Å². The fraction of sp³-hybridized carbons (Fsp3) is 0.467. The van der Waals surface area contributed by atoms with Gasteiger partial charge in [-0.2, -0.15) is 0 Å². The first-order valence-corrected chi connectivity index (χ1v) is 6.91. The van der Waals surface area contributed by atoms with E-state index in [0.29, 0.717) is 12.6 Å². The molecule has 1 aliphatic carbocycles. The molecule has 1 aromatic rings. The number of carboxylic acid groups (broad SMARTS) is 1. The van der Waals surface area contributed by atoms with Crippen LogP contribution in [0.1, 0.15) is 41.6 Å². The maximum atomic E-state index is 12.0. The van der Waals surface area contributed by atoms with Gasteiger partial charge in [-0.3, -0.25) is 0 Å². The molecule has 0 aromatic heterocycles. The number of aromatic carboxylic acids is 1. The van der Waals surface area contributed by atoms with Gasteiger partial charge in [-0.25, -0.2) is 9.59 Å². The van der Waals surface area contributed by atoms with Gasteiger partial charge in [0.25, 0.3) is 0 Å². The van der Waals surface area contributed by atoms with Crippen LogP contribution in [0.4, 0.5) is 4.79 Å². The highest BCUT2D eigenvalue weighted by atomic mass is 16.4. The normalized spacial score (nSPS) is 15.1. The average molecular weight is 276 g/mol. The maximum Gasteiger partial charge on any atom is 0.335 e. The summed E-state index contributed by atoms with van der Waals surface area (Å²) in [7, 11) is 1.83. The number of hydrogen-bond acceptors (Lipinski definition) is 2. The largest absolute Gasteiger partial charge is 0.478 e. The molecular weight excluding hydrogens is 256 g/mol. The summed E-state index contributed by atoms with van der Waals surface area (Å²) >= 11 is 0. The van der Waals surface area contributed by atoms with E-state index in [9.17, 15) is 9.59 Å². The van der Waals surface area contributed by atoms with Crippen molar-refractivity contribution >= 4 is 12.0 Å². The van der Waals surface area contributed by atoms with Crippen molar-refractivity contribution in [2.24, 2.45) is 0 Å². The Kier molecular flexibility index (Phi) is 4.61. The van der Waals surface area contributed by atoms with Crippen LogP contribution in [0.2, 0.25) is 0 Å². The van der Waals surface area contributed by atoms with Crippen molar-refractivity contribution in [1.82, 2.24) is 10.2 Å². The minimum Gasteiger partial charge on any atom is -0.478 e. The van der Waals surface area contributed by atoms with Crippen molar-refractivity contribution in [3.63, 3.8) is 0 Å². The van der Waals surface area contributed by atoms with Gasteiger partial charge in [0.1, 0.15) is 0 Å². The molecule has 1 fully saturated rings. The van der Waals surface area contributed by atoms with Gasteiger partial charge in [0.2, 0.25) is 0 Å². The summed E-state index contributed by atoms with van der Waals surface area (Å²) in [5.41, 5.74) is 1.14. The molecule has 0 unspecified atom stereocenters. The third-order valence-electron chi connectivity index (χ3n) is 3.84. The molecule has 108 valence electrons. The van der Waals surface area contributed by atoms with Gasteiger partial charge < -0.3 is 15.3 Å². The molecule has 0 saturated heterocycles. The van der Waals surface area contributed by atoms with Gasteiger partial charge in [0.15, 0.2) is 0 Å². The minimum absolute atomic E-state index is 0.0702. The van der Waals surface area contributed by atoms with Gasteiger partial charge >= 0.3 is 12.0 Å². The molecule has 1 aliphatic rings. The lowest BCUT2D eigenvalue weighted by Gasteiger charge is -2.24. The summed E-state index contributed by atoms with van der Waals surface area (Å²) in [6.45, 7) is 0.412. The summed E-state index contributed by atoms with van der Waals surface area (Å²) < 4.78 is 0. The number of benzene rings is 1. The Labute approximate surface area is 118 Å². The van der Waals surface area contributed by atoms with E-state index >= 15 is 0 Å². The van der Waals surface area contributed by atoms with Gasteiger partial charge in [0, 0.05) is 19.6 Å². The Morgan fingerprint density at radius 3 is 2.40 bits per heavy atom. The first-order chi connectivity index (χ1) is 9.58. The van der Waals surface area contributed by atoms with Crippen molar-refractivity contribution < 1.29 is 14.7 Å². The second-order valence-corrected chi connectivity index (χ2v) is 5.21. The summed E-state index contributed by atoms with van der Waals surface area (Å²) in [6.07, 6.45) is 4.55. The van der Waals surface area contributed by atoms with E-state index in [2.05, 4.69) is 5.32 Å². The van der Waals surface area contributed by atoms with Crippen LogP contribution in [0, 0.1) is 0 Å². The molecule has 0 bridgehead atoms. The summed E-state index contributed by atoms with van der Waals surface area (Å²) in [5, 5.41) is 11.7. The highest BCUT2D eigenvalue weighted by Crippen LogP contribution is 2.22. The van der Waals surface area contributed by atoms with Crippen LogP contribution in [0.25, 0.3) is 0 Å². The zero-order chi connectivity index (χ0) is 14.5. The average Bonchev–Trinajstić information content (AvgIpc) is 2.98. The van der Waals surface area contributed by atoms with Gasteiger partial charge in [-0.1, -0.05) is 25.0 Å². The van der Waals surface area contributed by atoms with Crippen molar-refractivity contribution in [2.75, 3.05) is 7.05 Å². The lowest BCUT2D eigenvalue weighted by molar-refractivity contribution is 0.0697. The van der Waals surface area contributed by atoms with E-state index in [1.807, 2.05) is 7.05 Å². The van der Waals surface area contributed by atoms with Gasteiger partial charge in [-0.05, 0) is 30.5 Å². The number of urea groups is 1. The molecule has 0 atom stereocenters. The van der Waals surface area contributed by atoms with E-state index < -0.39 is 5.97 Å². The standard InChI is InChI=1S/C15H20N2O3/c1-17(13-4-2-3-5-13)15(20)16-10-11-6-8-12(9-7-11)14(18)19/h6-9,13H,2-5,10H2,1H3,(H,16,20)(H,18,19). The molecule has 2 amide bonds. The van der Waals surface area contributed by atoms with E-state index in [0.717, 1.165) is 18.4 Å². The maximum absolute atomic E-state index is 12.0. The Balaban J connectivity index is 1.84. The monoisotopic (exact) mass is 276 g/mol. The molecule has 0 radical (unpaired) electrons. The highest BCUT2D eigenvalue weighted by Gasteiger charge is 2.22. The second-order valence-electron chi connectivity index (χ2n) is 5.21. The van der Waals surface area contributed by atoms with Crippen LogP contribution < -0.4 is 5.32 Å². The molecule has 0 heterocycles. The van der Waals surface area contributed by atoms with Crippen LogP contribution in [-0.2, 0) is 6.54 Å². The van der Waals surface area contributed by atoms with Crippen molar-refractivity contribution in [3.05, 3.63) is 35.4 Å². The molecule has 2 N–H and O–H groups in total. The summed E-state index contributed by atoms with van der Waals surface area (Å²) in [4.78, 5) is 24.5. The third kappa shape index (κ3) is 3.50. The molecule has 5 nitrogen and oxygen atoms in total. The molecule has 0 spiro atoms. The lowest BCUT2D eigenvalue weighted by Crippen LogP contribution is -2.42. The lowest BCUT2D eigenvalue weighted by atomic mass is 10.1. The molecule has 1 aromatic carbocycles. The first kappa shape index (κ1) is 14.4. The van der Waals surface area contributed by atoms with Crippen LogP contribution in [0.15, 0.2) is 24.3 Å². The fourth-order valence-corrected chi connectivity index (χ4v) is 2.52. The van der Waals surface area contributed by atoms with Crippen LogP contribution in [0.3, 0.4) is 0 Å². The zero-order valence-corrected chi connectivity index (χ0v) is 11.6. The minimum atomic E-state index is -0.943. The summed E-state index contributed by atoms with van der Waals surface area (Å²) in [5.74, 6) is -0.943. The second kappa shape index (κ2) is 6.41. The Bertz CT molecular complexity index is 478. The van der Waals surface area contributed by atoms with Crippen LogP contribution >= 0.6 is 0 Å². The number of carbonyl (C=O) groups is 2. The first-order valence-electron chi connectivity index (χ1n) is 6.91. The molecular formula is C15H20N2O3. The topological polar surface area (TPSA) is 69.6 Å². The number of nitrogens with one attached hydrogen (secondary N) is 1. The fourth-order valence-electron chi connectivity index (χ4n) is 2.52. The number of rotatable bonds is 4. The number of nitrogens with zero attached hydrogens (tertiary/aromatic N) is 1. The van der Waals surface area contributed by atoms with Crippen molar-refractivity contribution in [2.45, 2.75) is 38.3 Å². The predicted octanol–water partition coefficient (Wildman–Crippen LogP) is 2.47. The van der Waals surface area contributed by atoms with Gasteiger partial charge in [0.05, 0.1) is 5.56 Å². The van der Waals surface area contributed by atoms with Gasteiger partial charge in [-0.15, -0.1) is 0 Å². The Morgan fingerprint density at radius 1 is 1.25 bits per heavy atom. The number of carbonyl (C=O) groups excluding carboxylic acids is 1. The van der Waals surface area contributed by atoms with E-state index in [1.165, 1.54) is 12.8 Å². The molecule has 2 rings (SSSR count). The smallest absolute Gasteiger partial charge is 0.335 e. The SMILES string of the molecule is CN(C(=O)NCc1ccc(C(=O)O)cc1)C1CCCC1. The molecule has 1 saturated carbocycles. The van der Waals surface area contributed by atoms with Crippen LogP contribution in [0.5, 0.6) is 0 Å². The zero-order valence-electron chi connectivity index (χ0n) is 11.6. The van der Waals surface area contributed by atoms with E-state index in [4.69, 9.17) is 5.11 Å². The number of amides is 2. The predicted molar refractivity (Wildman–Crippen MR) is 75.7 cm³/mol.